The first-order valence-corrected chi connectivity index (χ1v) is 4.68. The summed E-state index contributed by atoms with van der Waals surface area (Å²) in [6.45, 7) is 1.29. The number of amides is 2. The molecule has 0 aromatic heterocycles. The highest BCUT2D eigenvalue weighted by Gasteiger charge is 2.22. The van der Waals surface area contributed by atoms with E-state index in [-0.39, 0.29) is 5.69 Å². The monoisotopic (exact) mass is 243 g/mol. The standard InChI is InChI=1S/C10H11F2N3O2/c1-4(9(14)16)15-10(17)7-5(11)2-3-6(13)8(7)12/h2-4H,13H2,1H3,(H2,14,16)(H,15,17). The van der Waals surface area contributed by atoms with Crippen molar-refractivity contribution >= 4 is 17.5 Å². The third-order valence-corrected chi connectivity index (χ3v) is 2.12. The van der Waals surface area contributed by atoms with E-state index in [1.807, 2.05) is 0 Å². The Morgan fingerprint density at radius 2 is 1.94 bits per heavy atom. The maximum absolute atomic E-state index is 13.4. The number of carbonyl (C=O) groups is 2. The minimum atomic E-state index is -1.17. The number of nitrogens with two attached hydrogens (primary N) is 2. The lowest BCUT2D eigenvalue weighted by Crippen LogP contribution is -2.42. The Kier molecular flexibility index (Phi) is 3.62. The van der Waals surface area contributed by atoms with Crippen LogP contribution in [0.4, 0.5) is 14.5 Å². The van der Waals surface area contributed by atoms with E-state index in [0.717, 1.165) is 12.1 Å². The third kappa shape index (κ3) is 2.68. The highest BCUT2D eigenvalue weighted by Crippen LogP contribution is 2.18. The number of carbonyl (C=O) groups excluding carboxylic acids is 2. The molecule has 5 N–H and O–H groups in total. The molecule has 0 aliphatic rings. The van der Waals surface area contributed by atoms with E-state index in [1.165, 1.54) is 6.92 Å². The zero-order valence-corrected chi connectivity index (χ0v) is 8.96. The summed E-state index contributed by atoms with van der Waals surface area (Å²) in [5.41, 5.74) is 8.91. The molecule has 7 heteroatoms. The van der Waals surface area contributed by atoms with E-state index >= 15 is 0 Å². The Morgan fingerprint density at radius 1 is 1.35 bits per heavy atom. The zero-order chi connectivity index (χ0) is 13.2. The molecule has 5 nitrogen and oxygen atoms in total. The summed E-state index contributed by atoms with van der Waals surface area (Å²) in [6.07, 6.45) is 0. The molecule has 0 radical (unpaired) electrons. The molecule has 0 aliphatic heterocycles. The van der Waals surface area contributed by atoms with Gasteiger partial charge in [0.2, 0.25) is 5.91 Å². The number of nitrogens with one attached hydrogen (secondary N) is 1. The Morgan fingerprint density at radius 3 is 2.47 bits per heavy atom. The van der Waals surface area contributed by atoms with Gasteiger partial charge in [-0.25, -0.2) is 8.78 Å². The van der Waals surface area contributed by atoms with Gasteiger partial charge >= 0.3 is 0 Å². The van der Waals surface area contributed by atoms with Crippen LogP contribution in [0.15, 0.2) is 12.1 Å². The third-order valence-electron chi connectivity index (χ3n) is 2.12. The highest BCUT2D eigenvalue weighted by atomic mass is 19.1. The molecule has 1 aromatic rings. The molecule has 1 atom stereocenters. The summed E-state index contributed by atoms with van der Waals surface area (Å²) < 4.78 is 26.7. The zero-order valence-electron chi connectivity index (χ0n) is 8.96. The Bertz CT molecular complexity index is 477. The van der Waals surface area contributed by atoms with Crippen LogP contribution < -0.4 is 16.8 Å². The van der Waals surface area contributed by atoms with Gasteiger partial charge in [-0.15, -0.1) is 0 Å². The van der Waals surface area contributed by atoms with E-state index in [4.69, 9.17) is 11.5 Å². The number of benzene rings is 1. The molecule has 1 aromatic carbocycles. The molecule has 0 saturated heterocycles. The molecular weight excluding hydrogens is 232 g/mol. The van der Waals surface area contributed by atoms with Gasteiger partial charge < -0.3 is 16.8 Å². The van der Waals surface area contributed by atoms with Crippen LogP contribution in [0.2, 0.25) is 0 Å². The van der Waals surface area contributed by atoms with Crippen molar-refractivity contribution in [2.45, 2.75) is 13.0 Å². The molecule has 0 aliphatic carbocycles. The maximum Gasteiger partial charge on any atom is 0.257 e. The van der Waals surface area contributed by atoms with Gasteiger partial charge in [0, 0.05) is 0 Å². The number of primary amides is 1. The van der Waals surface area contributed by atoms with Gasteiger partial charge in [-0.05, 0) is 19.1 Å². The molecule has 0 saturated carbocycles. The average molecular weight is 243 g/mol. The summed E-state index contributed by atoms with van der Waals surface area (Å²) >= 11 is 0. The van der Waals surface area contributed by atoms with Crippen LogP contribution in [0.1, 0.15) is 17.3 Å². The van der Waals surface area contributed by atoms with Crippen molar-refractivity contribution in [1.82, 2.24) is 5.32 Å². The molecule has 0 heterocycles. The first kappa shape index (κ1) is 12.9. The molecule has 17 heavy (non-hydrogen) atoms. The largest absolute Gasteiger partial charge is 0.396 e. The van der Waals surface area contributed by atoms with Gasteiger partial charge in [0.1, 0.15) is 17.4 Å². The van der Waals surface area contributed by atoms with Crippen LogP contribution in [0.25, 0.3) is 0 Å². The van der Waals surface area contributed by atoms with Crippen molar-refractivity contribution in [3.8, 4) is 0 Å². The Balaban J connectivity index is 3.05. The number of anilines is 1. The van der Waals surface area contributed by atoms with Crippen molar-refractivity contribution in [3.63, 3.8) is 0 Å². The first-order valence-electron chi connectivity index (χ1n) is 4.68. The fourth-order valence-electron chi connectivity index (χ4n) is 1.12. The van der Waals surface area contributed by atoms with Crippen molar-refractivity contribution in [2.75, 3.05) is 5.73 Å². The SMILES string of the molecule is CC(NC(=O)c1c(F)ccc(N)c1F)C(N)=O. The number of rotatable bonds is 3. The van der Waals surface area contributed by atoms with Gasteiger partial charge in [-0.2, -0.15) is 0 Å². The molecule has 1 rings (SSSR count). The van der Waals surface area contributed by atoms with E-state index < -0.39 is 35.1 Å². The van der Waals surface area contributed by atoms with Crippen molar-refractivity contribution < 1.29 is 18.4 Å². The number of hydrogen-bond acceptors (Lipinski definition) is 3. The Hall–Kier alpha value is -2.18. The van der Waals surface area contributed by atoms with E-state index in [1.54, 1.807) is 0 Å². The van der Waals surface area contributed by atoms with Crippen LogP contribution in [0.3, 0.4) is 0 Å². The fourth-order valence-corrected chi connectivity index (χ4v) is 1.12. The quantitative estimate of drug-likeness (QED) is 0.659. The molecule has 0 bridgehead atoms. The van der Waals surface area contributed by atoms with E-state index in [0.29, 0.717) is 0 Å². The molecule has 92 valence electrons. The van der Waals surface area contributed by atoms with Crippen LogP contribution in [0, 0.1) is 11.6 Å². The van der Waals surface area contributed by atoms with Crippen LogP contribution in [0.5, 0.6) is 0 Å². The minimum absolute atomic E-state index is 0.358. The second-order valence-electron chi connectivity index (χ2n) is 3.42. The fraction of sp³-hybridized carbons (Fsp3) is 0.200. The normalized spacial score (nSPS) is 11.9. The summed E-state index contributed by atoms with van der Waals surface area (Å²) in [7, 11) is 0. The van der Waals surface area contributed by atoms with Crippen LogP contribution in [-0.4, -0.2) is 17.9 Å². The highest BCUT2D eigenvalue weighted by molar-refractivity contribution is 5.98. The van der Waals surface area contributed by atoms with Crippen molar-refractivity contribution in [1.29, 1.82) is 0 Å². The van der Waals surface area contributed by atoms with Crippen LogP contribution in [-0.2, 0) is 4.79 Å². The van der Waals surface area contributed by atoms with Crippen LogP contribution >= 0.6 is 0 Å². The van der Waals surface area contributed by atoms with Gasteiger partial charge in [-0.3, -0.25) is 9.59 Å². The Labute approximate surface area is 95.8 Å². The summed E-state index contributed by atoms with van der Waals surface area (Å²) in [5.74, 6) is -4.13. The molecular formula is C10H11F2N3O2. The first-order chi connectivity index (χ1) is 7.84. The van der Waals surface area contributed by atoms with Gasteiger partial charge in [-0.1, -0.05) is 0 Å². The molecule has 0 fully saturated rings. The second kappa shape index (κ2) is 4.77. The minimum Gasteiger partial charge on any atom is -0.396 e. The van der Waals surface area contributed by atoms with Gasteiger partial charge in [0.15, 0.2) is 5.82 Å². The van der Waals surface area contributed by atoms with Crippen molar-refractivity contribution in [2.24, 2.45) is 5.73 Å². The van der Waals surface area contributed by atoms with E-state index in [2.05, 4.69) is 5.32 Å². The maximum atomic E-state index is 13.4. The number of hydrogen-bond donors (Lipinski definition) is 3. The topological polar surface area (TPSA) is 98.2 Å². The summed E-state index contributed by atoms with van der Waals surface area (Å²) in [4.78, 5) is 22.2. The van der Waals surface area contributed by atoms with E-state index in [9.17, 15) is 18.4 Å². The number of halogens is 2. The lowest BCUT2D eigenvalue weighted by Gasteiger charge is -2.11. The predicted octanol–water partition coefficient (Wildman–Crippen LogP) is 0.151. The van der Waals surface area contributed by atoms with Gasteiger partial charge in [0.05, 0.1) is 5.69 Å². The van der Waals surface area contributed by atoms with Crippen molar-refractivity contribution in [3.05, 3.63) is 29.3 Å². The smallest absolute Gasteiger partial charge is 0.257 e. The predicted molar refractivity (Wildman–Crippen MR) is 56.9 cm³/mol. The lowest BCUT2D eigenvalue weighted by molar-refractivity contribution is -0.119. The summed E-state index contributed by atoms with van der Waals surface area (Å²) in [6, 6.07) is 0.823. The second-order valence-corrected chi connectivity index (χ2v) is 3.42. The molecule has 1 unspecified atom stereocenters. The molecule has 0 spiro atoms. The van der Waals surface area contributed by atoms with Gasteiger partial charge in [0.25, 0.3) is 5.91 Å². The number of nitrogen functional groups attached to an aromatic ring is 1. The average Bonchev–Trinajstić information content (AvgIpc) is 2.24. The molecule has 2 amide bonds. The summed E-state index contributed by atoms with van der Waals surface area (Å²) in [5, 5.41) is 2.06. The lowest BCUT2D eigenvalue weighted by atomic mass is 10.1.